The molecule has 2 aliphatic rings. The maximum Gasteiger partial charge on any atom is 0.408 e. The van der Waals surface area contributed by atoms with Gasteiger partial charge in [-0.3, -0.25) is 14.8 Å². The third-order valence-electron chi connectivity index (χ3n) is 6.79. The smallest absolute Gasteiger partial charge is 0.408 e. The molecule has 2 aromatic heterocycles. The Kier molecular flexibility index (Phi) is 12.5. The summed E-state index contributed by atoms with van der Waals surface area (Å²) in [5, 5.41) is 2.63. The number of pyridine rings is 2. The Morgan fingerprint density at radius 3 is 1.80 bits per heavy atom. The Morgan fingerprint density at radius 2 is 1.34 bits per heavy atom. The van der Waals surface area contributed by atoms with Crippen molar-refractivity contribution in [3.8, 4) is 0 Å². The molecule has 0 bridgehead atoms. The van der Waals surface area contributed by atoms with Crippen LogP contribution in [0.3, 0.4) is 0 Å². The van der Waals surface area contributed by atoms with E-state index < -0.39 is 29.7 Å². The highest BCUT2D eigenvalue weighted by atomic mass is 16.6. The molecule has 0 spiro atoms. The SMILES string of the molecule is CC(C)(C)OC(=O)N[C@H](Cc1cccnc1)C(=O)OC1CCCC1.N[C@H](Cc1cccnc1)C(=O)OC1CCCC1. The van der Waals surface area contributed by atoms with Gasteiger partial charge in [0.25, 0.3) is 0 Å². The molecule has 2 fully saturated rings. The summed E-state index contributed by atoms with van der Waals surface area (Å²) in [6, 6.07) is 6.03. The van der Waals surface area contributed by atoms with Gasteiger partial charge in [0.15, 0.2) is 0 Å². The zero-order valence-electron chi connectivity index (χ0n) is 24.4. The number of hydrogen-bond acceptors (Lipinski definition) is 9. The first-order valence-electron chi connectivity index (χ1n) is 14.5. The first-order chi connectivity index (χ1) is 19.6. The number of carbonyl (C=O) groups excluding carboxylic acids is 3. The van der Waals surface area contributed by atoms with Crippen LogP contribution in [-0.4, -0.2) is 57.9 Å². The molecule has 10 heteroatoms. The molecule has 4 rings (SSSR count). The van der Waals surface area contributed by atoms with Crippen LogP contribution in [0, 0.1) is 0 Å². The number of esters is 2. The Bertz CT molecular complexity index is 1080. The Balaban J connectivity index is 0.000000239. The monoisotopic (exact) mass is 568 g/mol. The zero-order chi connectivity index (χ0) is 29.7. The number of amides is 1. The summed E-state index contributed by atoms with van der Waals surface area (Å²) in [5.74, 6) is -0.711. The number of nitrogens with zero attached hydrogens (tertiary/aromatic N) is 2. The molecule has 2 aliphatic carbocycles. The van der Waals surface area contributed by atoms with Gasteiger partial charge in [0.05, 0.1) is 0 Å². The van der Waals surface area contributed by atoms with E-state index in [9.17, 15) is 14.4 Å². The third-order valence-corrected chi connectivity index (χ3v) is 6.79. The highest BCUT2D eigenvalue weighted by molar-refractivity contribution is 5.82. The molecule has 2 saturated carbocycles. The Labute approximate surface area is 242 Å². The van der Waals surface area contributed by atoms with Crippen molar-refractivity contribution in [3.63, 3.8) is 0 Å². The average molecular weight is 569 g/mol. The lowest BCUT2D eigenvalue weighted by atomic mass is 10.1. The Hall–Kier alpha value is -3.53. The van der Waals surface area contributed by atoms with Gasteiger partial charge in [0.1, 0.15) is 29.9 Å². The summed E-state index contributed by atoms with van der Waals surface area (Å²) in [6.45, 7) is 5.33. The number of ether oxygens (including phenoxy) is 3. The molecule has 10 nitrogen and oxygen atoms in total. The quantitative estimate of drug-likeness (QED) is 0.331. The molecule has 3 N–H and O–H groups in total. The van der Waals surface area contributed by atoms with Crippen LogP contribution in [0.5, 0.6) is 0 Å². The van der Waals surface area contributed by atoms with E-state index >= 15 is 0 Å². The van der Waals surface area contributed by atoms with Crippen molar-refractivity contribution >= 4 is 18.0 Å². The van der Waals surface area contributed by atoms with Crippen molar-refractivity contribution in [3.05, 3.63) is 60.2 Å². The van der Waals surface area contributed by atoms with Crippen molar-refractivity contribution in [1.29, 1.82) is 0 Å². The summed E-state index contributed by atoms with van der Waals surface area (Å²) in [6.07, 6.45) is 15.2. The predicted molar refractivity (Wildman–Crippen MR) is 154 cm³/mol. The first-order valence-corrected chi connectivity index (χ1v) is 14.5. The van der Waals surface area contributed by atoms with Crippen molar-refractivity contribution in [1.82, 2.24) is 15.3 Å². The molecular formula is C31H44N4O6. The fourth-order valence-corrected chi connectivity index (χ4v) is 4.76. The standard InChI is InChI=1S/C18H26N2O4.C13H18N2O2/c1-18(2,3)24-17(22)20-15(11-13-7-6-10-19-12-13)16(21)23-14-8-4-5-9-14;14-12(8-10-4-3-7-15-9-10)13(16)17-11-5-1-2-6-11/h6-7,10,12,14-15H,4-5,8-9,11H2,1-3H3,(H,20,22);3-4,7,9,11-12H,1-2,5-6,8,14H2/t15-;12-/m11/s1. The van der Waals surface area contributed by atoms with Crippen LogP contribution in [0.25, 0.3) is 0 Å². The van der Waals surface area contributed by atoms with Crippen molar-refractivity contribution < 1.29 is 28.6 Å². The van der Waals surface area contributed by atoms with Gasteiger partial charge in [0.2, 0.25) is 0 Å². The number of nitrogens with one attached hydrogen (secondary N) is 1. The molecule has 224 valence electrons. The molecule has 2 heterocycles. The van der Waals surface area contributed by atoms with E-state index in [1.807, 2.05) is 18.2 Å². The third kappa shape index (κ3) is 12.3. The van der Waals surface area contributed by atoms with E-state index in [4.69, 9.17) is 19.9 Å². The van der Waals surface area contributed by atoms with Gasteiger partial charge >= 0.3 is 18.0 Å². The number of rotatable bonds is 9. The second-order valence-corrected chi connectivity index (χ2v) is 11.6. The second-order valence-electron chi connectivity index (χ2n) is 11.6. The maximum absolute atomic E-state index is 12.5. The first kappa shape index (κ1) is 32.0. The fraction of sp³-hybridized carbons (Fsp3) is 0.581. The van der Waals surface area contributed by atoms with Gasteiger partial charge in [-0.05, 0) is 102 Å². The predicted octanol–water partition coefficient (Wildman–Crippen LogP) is 4.44. The van der Waals surface area contributed by atoms with Crippen molar-refractivity contribution in [2.75, 3.05) is 0 Å². The van der Waals surface area contributed by atoms with Gasteiger partial charge < -0.3 is 25.3 Å². The van der Waals surface area contributed by atoms with Crippen LogP contribution in [0.2, 0.25) is 0 Å². The minimum absolute atomic E-state index is 0.0469. The summed E-state index contributed by atoms with van der Waals surface area (Å²) in [5.41, 5.74) is 7.01. The minimum atomic E-state index is -0.787. The lowest BCUT2D eigenvalue weighted by molar-refractivity contribution is -0.151. The van der Waals surface area contributed by atoms with Crippen LogP contribution < -0.4 is 11.1 Å². The van der Waals surface area contributed by atoms with E-state index in [-0.39, 0.29) is 18.2 Å². The maximum atomic E-state index is 12.5. The molecule has 2 aromatic rings. The molecule has 0 radical (unpaired) electrons. The van der Waals surface area contributed by atoms with E-state index in [1.54, 1.807) is 51.6 Å². The summed E-state index contributed by atoms with van der Waals surface area (Å²) < 4.78 is 16.2. The number of alkyl carbamates (subject to hydrolysis) is 1. The molecule has 0 saturated heterocycles. The average Bonchev–Trinajstić information content (AvgIpc) is 3.63. The lowest BCUT2D eigenvalue weighted by Gasteiger charge is -2.24. The van der Waals surface area contributed by atoms with E-state index in [2.05, 4.69) is 15.3 Å². The Morgan fingerprint density at radius 1 is 0.854 bits per heavy atom. The van der Waals surface area contributed by atoms with Crippen LogP contribution in [-0.2, 0) is 36.6 Å². The van der Waals surface area contributed by atoms with Gasteiger partial charge in [-0.15, -0.1) is 0 Å². The number of aromatic nitrogens is 2. The molecule has 0 unspecified atom stereocenters. The van der Waals surface area contributed by atoms with Crippen LogP contribution in [0.15, 0.2) is 49.1 Å². The van der Waals surface area contributed by atoms with Gasteiger partial charge in [-0.25, -0.2) is 9.59 Å². The van der Waals surface area contributed by atoms with Gasteiger partial charge in [-0.2, -0.15) is 0 Å². The van der Waals surface area contributed by atoms with Gasteiger partial charge in [-0.1, -0.05) is 12.1 Å². The molecule has 1 amide bonds. The summed E-state index contributed by atoms with van der Waals surface area (Å²) in [7, 11) is 0. The topological polar surface area (TPSA) is 143 Å². The molecule has 0 aliphatic heterocycles. The van der Waals surface area contributed by atoms with Crippen molar-refractivity contribution in [2.45, 2.75) is 115 Å². The van der Waals surface area contributed by atoms with E-state index in [1.165, 1.54) is 0 Å². The second kappa shape index (κ2) is 16.0. The number of nitrogens with two attached hydrogens (primary N) is 1. The van der Waals surface area contributed by atoms with Crippen LogP contribution >= 0.6 is 0 Å². The zero-order valence-corrected chi connectivity index (χ0v) is 24.4. The highest BCUT2D eigenvalue weighted by Crippen LogP contribution is 2.22. The van der Waals surface area contributed by atoms with Crippen LogP contribution in [0.1, 0.15) is 83.3 Å². The highest BCUT2D eigenvalue weighted by Gasteiger charge is 2.29. The lowest BCUT2D eigenvalue weighted by Crippen LogP contribution is -2.46. The van der Waals surface area contributed by atoms with Gasteiger partial charge in [0, 0.05) is 31.2 Å². The summed E-state index contributed by atoms with van der Waals surface area (Å²) in [4.78, 5) is 44.3. The molecule has 0 aromatic carbocycles. The van der Waals surface area contributed by atoms with E-state index in [0.717, 1.165) is 62.5 Å². The normalized spacial score (nSPS) is 17.1. The number of hydrogen-bond donors (Lipinski definition) is 2. The minimum Gasteiger partial charge on any atom is -0.461 e. The van der Waals surface area contributed by atoms with Crippen LogP contribution in [0.4, 0.5) is 4.79 Å². The molecule has 2 atom stereocenters. The van der Waals surface area contributed by atoms with Crippen molar-refractivity contribution in [2.24, 2.45) is 5.73 Å². The number of carbonyl (C=O) groups is 3. The fourth-order valence-electron chi connectivity index (χ4n) is 4.76. The largest absolute Gasteiger partial charge is 0.461 e. The summed E-state index contributed by atoms with van der Waals surface area (Å²) >= 11 is 0. The van der Waals surface area contributed by atoms with E-state index in [0.29, 0.717) is 12.8 Å². The molecular weight excluding hydrogens is 524 g/mol. The molecule has 41 heavy (non-hydrogen) atoms.